The van der Waals surface area contributed by atoms with Gasteiger partial charge in [0.2, 0.25) is 0 Å². The van der Waals surface area contributed by atoms with Crippen molar-refractivity contribution in [2.45, 2.75) is 17.9 Å². The van der Waals surface area contributed by atoms with E-state index >= 15 is 0 Å². The molecule has 96 valence electrons. The minimum absolute atomic E-state index is 0.0468. The van der Waals surface area contributed by atoms with Crippen LogP contribution in [-0.2, 0) is 5.41 Å². The summed E-state index contributed by atoms with van der Waals surface area (Å²) in [5, 5.41) is 7.37. The molecule has 1 aromatic heterocycles. The number of hydrogen-bond acceptors (Lipinski definition) is 3. The lowest BCUT2D eigenvalue weighted by Gasteiger charge is -2.22. The van der Waals surface area contributed by atoms with Crippen LogP contribution in [0, 0.1) is 5.92 Å². The number of rotatable bonds is 3. The summed E-state index contributed by atoms with van der Waals surface area (Å²) in [5.41, 5.74) is 2.23. The number of hydrogen-bond donors (Lipinski definition) is 1. The number of carbonyl (C=O) groups excluding carboxylic acids is 1. The van der Waals surface area contributed by atoms with E-state index in [1.165, 1.54) is 5.56 Å². The predicted molar refractivity (Wildman–Crippen MR) is 76.7 cm³/mol. The van der Waals surface area contributed by atoms with Gasteiger partial charge in [0, 0.05) is 16.4 Å². The first-order valence-corrected chi connectivity index (χ1v) is 7.62. The Kier molecular flexibility index (Phi) is 2.41. The molecule has 3 atom stereocenters. The van der Waals surface area contributed by atoms with Crippen LogP contribution < -0.4 is 5.32 Å². The van der Waals surface area contributed by atoms with Crippen LogP contribution in [0.25, 0.3) is 0 Å². The zero-order valence-corrected chi connectivity index (χ0v) is 11.3. The van der Waals surface area contributed by atoms with Gasteiger partial charge >= 0.3 is 0 Å². The van der Waals surface area contributed by atoms with Crippen molar-refractivity contribution >= 4 is 17.1 Å². The van der Waals surface area contributed by atoms with Crippen LogP contribution in [0.3, 0.4) is 0 Å². The van der Waals surface area contributed by atoms with E-state index in [9.17, 15) is 4.79 Å². The van der Waals surface area contributed by atoms with Gasteiger partial charge in [0.05, 0.1) is 6.04 Å². The molecule has 19 heavy (non-hydrogen) atoms. The molecule has 1 aromatic carbocycles. The SMILES string of the molecule is O=C(c1ccsc1)C1NCC2CC21c1ccccc1. The third kappa shape index (κ3) is 1.55. The van der Waals surface area contributed by atoms with Gasteiger partial charge in [0.1, 0.15) is 0 Å². The smallest absolute Gasteiger partial charge is 0.181 e. The van der Waals surface area contributed by atoms with Gasteiger partial charge < -0.3 is 5.32 Å². The molecule has 0 spiro atoms. The molecular weight excluding hydrogens is 254 g/mol. The third-order valence-electron chi connectivity index (χ3n) is 4.62. The van der Waals surface area contributed by atoms with E-state index < -0.39 is 0 Å². The number of piperidine rings is 1. The van der Waals surface area contributed by atoms with Crippen molar-refractivity contribution in [3.63, 3.8) is 0 Å². The summed E-state index contributed by atoms with van der Waals surface area (Å²) < 4.78 is 0. The van der Waals surface area contributed by atoms with E-state index in [1.54, 1.807) is 11.3 Å². The Morgan fingerprint density at radius 1 is 1.26 bits per heavy atom. The summed E-state index contributed by atoms with van der Waals surface area (Å²) in [4.78, 5) is 12.7. The molecule has 2 aliphatic rings. The van der Waals surface area contributed by atoms with Gasteiger partial charge in [-0.25, -0.2) is 0 Å². The molecule has 2 aromatic rings. The molecule has 1 saturated heterocycles. The quantitative estimate of drug-likeness (QED) is 0.868. The summed E-state index contributed by atoms with van der Waals surface area (Å²) in [6.45, 7) is 0.968. The molecule has 0 amide bonds. The highest BCUT2D eigenvalue weighted by Gasteiger charge is 2.65. The second kappa shape index (κ2) is 4.02. The molecule has 4 rings (SSSR count). The van der Waals surface area contributed by atoms with Crippen molar-refractivity contribution in [2.24, 2.45) is 5.92 Å². The first kappa shape index (κ1) is 11.4. The summed E-state index contributed by atoms with van der Waals surface area (Å²) in [6, 6.07) is 12.4. The normalized spacial score (nSPS) is 32.0. The highest BCUT2D eigenvalue weighted by atomic mass is 32.1. The topological polar surface area (TPSA) is 29.1 Å². The van der Waals surface area contributed by atoms with Gasteiger partial charge in [0.15, 0.2) is 5.78 Å². The number of fused-ring (bicyclic) bond motifs is 1. The molecule has 2 nitrogen and oxygen atoms in total. The first-order valence-electron chi connectivity index (χ1n) is 6.68. The molecule has 1 aliphatic heterocycles. The van der Waals surface area contributed by atoms with Crippen molar-refractivity contribution in [2.75, 3.05) is 6.54 Å². The zero-order valence-electron chi connectivity index (χ0n) is 10.5. The van der Waals surface area contributed by atoms with Crippen LogP contribution in [-0.4, -0.2) is 18.4 Å². The molecule has 1 saturated carbocycles. The molecule has 1 N–H and O–H groups in total. The Bertz CT molecular complexity index is 607. The van der Waals surface area contributed by atoms with Crippen molar-refractivity contribution < 1.29 is 4.79 Å². The van der Waals surface area contributed by atoms with Crippen LogP contribution in [0.15, 0.2) is 47.2 Å². The highest BCUT2D eigenvalue weighted by Crippen LogP contribution is 2.60. The Morgan fingerprint density at radius 2 is 2.11 bits per heavy atom. The summed E-state index contributed by atoms with van der Waals surface area (Å²) in [7, 11) is 0. The van der Waals surface area contributed by atoms with Crippen molar-refractivity contribution in [1.82, 2.24) is 5.32 Å². The molecule has 3 unspecified atom stereocenters. The Morgan fingerprint density at radius 3 is 2.79 bits per heavy atom. The number of Topliss-reactive ketones (excluding diaryl/α,β-unsaturated/α-hetero) is 1. The summed E-state index contributed by atoms with van der Waals surface area (Å²) >= 11 is 1.59. The van der Waals surface area contributed by atoms with Gasteiger partial charge in [-0.15, -0.1) is 0 Å². The lowest BCUT2D eigenvalue weighted by atomic mass is 9.84. The van der Waals surface area contributed by atoms with Crippen molar-refractivity contribution in [3.05, 3.63) is 58.3 Å². The fraction of sp³-hybridized carbons (Fsp3) is 0.312. The van der Waals surface area contributed by atoms with Crippen LogP contribution in [0.2, 0.25) is 0 Å². The summed E-state index contributed by atoms with van der Waals surface area (Å²) in [5.74, 6) is 0.882. The fourth-order valence-electron chi connectivity index (χ4n) is 3.57. The predicted octanol–water partition coefficient (Wildman–Crippen LogP) is 2.86. The Labute approximate surface area is 116 Å². The second-order valence-electron chi connectivity index (χ2n) is 5.52. The molecule has 0 radical (unpaired) electrons. The maximum atomic E-state index is 12.7. The minimum Gasteiger partial charge on any atom is -0.306 e. The molecule has 2 heterocycles. The van der Waals surface area contributed by atoms with E-state index in [4.69, 9.17) is 0 Å². The molecular formula is C16H15NOS. The van der Waals surface area contributed by atoms with Gasteiger partial charge in [-0.2, -0.15) is 11.3 Å². The number of carbonyl (C=O) groups is 1. The Balaban J connectivity index is 1.72. The molecule has 3 heteroatoms. The van der Waals surface area contributed by atoms with Gasteiger partial charge in [0.25, 0.3) is 0 Å². The lowest BCUT2D eigenvalue weighted by molar-refractivity contribution is 0.0934. The first-order chi connectivity index (χ1) is 9.32. The standard InChI is InChI=1S/C16H15NOS/c18-14(11-6-7-19-10-11)15-16(8-13(16)9-17-15)12-4-2-1-3-5-12/h1-7,10,13,15,17H,8-9H2. The van der Waals surface area contributed by atoms with E-state index in [0.29, 0.717) is 5.92 Å². The molecule has 2 fully saturated rings. The average molecular weight is 269 g/mol. The minimum atomic E-state index is -0.0468. The number of benzene rings is 1. The highest BCUT2D eigenvalue weighted by molar-refractivity contribution is 7.08. The third-order valence-corrected chi connectivity index (χ3v) is 5.30. The van der Waals surface area contributed by atoms with Crippen molar-refractivity contribution in [3.8, 4) is 0 Å². The van der Waals surface area contributed by atoms with Crippen LogP contribution >= 0.6 is 11.3 Å². The monoisotopic (exact) mass is 269 g/mol. The maximum Gasteiger partial charge on any atom is 0.181 e. The van der Waals surface area contributed by atoms with Gasteiger partial charge in [-0.1, -0.05) is 30.3 Å². The fourth-order valence-corrected chi connectivity index (χ4v) is 4.21. The number of ketones is 1. The summed E-state index contributed by atoms with van der Waals surface area (Å²) in [6.07, 6.45) is 1.14. The van der Waals surface area contributed by atoms with E-state index in [-0.39, 0.29) is 17.2 Å². The average Bonchev–Trinajstić information content (AvgIpc) is 2.85. The van der Waals surface area contributed by atoms with Crippen LogP contribution in [0.4, 0.5) is 0 Å². The molecule has 0 bridgehead atoms. The number of thiophene rings is 1. The van der Waals surface area contributed by atoms with E-state index in [1.807, 2.05) is 22.9 Å². The lowest BCUT2D eigenvalue weighted by Crippen LogP contribution is -2.41. The number of nitrogens with one attached hydrogen (secondary N) is 1. The van der Waals surface area contributed by atoms with Gasteiger partial charge in [-0.3, -0.25) is 4.79 Å². The zero-order chi connectivity index (χ0) is 12.9. The Hall–Kier alpha value is -1.45. The largest absolute Gasteiger partial charge is 0.306 e. The van der Waals surface area contributed by atoms with Gasteiger partial charge in [-0.05, 0) is 35.9 Å². The van der Waals surface area contributed by atoms with E-state index in [0.717, 1.165) is 18.5 Å². The molecule has 1 aliphatic carbocycles. The second-order valence-corrected chi connectivity index (χ2v) is 6.31. The van der Waals surface area contributed by atoms with Crippen LogP contribution in [0.1, 0.15) is 22.3 Å². The maximum absolute atomic E-state index is 12.7. The van der Waals surface area contributed by atoms with Crippen molar-refractivity contribution in [1.29, 1.82) is 0 Å². The van der Waals surface area contributed by atoms with E-state index in [2.05, 4.69) is 29.6 Å². The van der Waals surface area contributed by atoms with Crippen LogP contribution in [0.5, 0.6) is 0 Å².